The molecule has 33 heavy (non-hydrogen) atoms. The maximum Gasteiger partial charge on any atom is 0.196 e. The third kappa shape index (κ3) is 5.25. The fraction of sp³-hybridized carbons (Fsp3) is 0.167. The Hall–Kier alpha value is -3.59. The van der Waals surface area contributed by atoms with Crippen LogP contribution in [0.1, 0.15) is 11.4 Å². The number of hydrogen-bond acceptors (Lipinski definition) is 6. The van der Waals surface area contributed by atoms with E-state index in [0.717, 1.165) is 5.56 Å². The van der Waals surface area contributed by atoms with Gasteiger partial charge in [0.15, 0.2) is 22.5 Å². The van der Waals surface area contributed by atoms with Crippen LogP contribution in [-0.4, -0.2) is 29.0 Å². The summed E-state index contributed by atoms with van der Waals surface area (Å²) >= 11 is 1.32. The van der Waals surface area contributed by atoms with Crippen molar-refractivity contribution in [2.24, 2.45) is 0 Å². The first-order chi connectivity index (χ1) is 16.1. The van der Waals surface area contributed by atoms with E-state index in [9.17, 15) is 8.78 Å². The van der Waals surface area contributed by atoms with Gasteiger partial charge >= 0.3 is 0 Å². The zero-order valence-corrected chi connectivity index (χ0v) is 18.8. The van der Waals surface area contributed by atoms with E-state index in [0.29, 0.717) is 33.9 Å². The van der Waals surface area contributed by atoms with E-state index >= 15 is 0 Å². The van der Waals surface area contributed by atoms with Crippen LogP contribution in [0.2, 0.25) is 0 Å². The van der Waals surface area contributed by atoms with Crippen LogP contribution in [0.15, 0.2) is 71.9 Å². The van der Waals surface area contributed by atoms with Crippen molar-refractivity contribution in [1.82, 2.24) is 14.8 Å². The van der Waals surface area contributed by atoms with E-state index in [4.69, 9.17) is 14.2 Å². The predicted octanol–water partition coefficient (Wildman–Crippen LogP) is 5.43. The summed E-state index contributed by atoms with van der Waals surface area (Å²) in [6.07, 6.45) is 0. The second-order valence-electron chi connectivity index (χ2n) is 6.91. The third-order valence-electron chi connectivity index (χ3n) is 4.81. The van der Waals surface area contributed by atoms with Crippen LogP contribution in [0, 0.1) is 11.6 Å². The Kier molecular flexibility index (Phi) is 7.09. The number of thioether (sulfide) groups is 1. The summed E-state index contributed by atoms with van der Waals surface area (Å²) in [5.41, 5.74) is 1.04. The number of methoxy groups -OCH3 is 2. The highest BCUT2D eigenvalue weighted by molar-refractivity contribution is 7.98. The van der Waals surface area contributed by atoms with Crippen LogP contribution in [0.4, 0.5) is 8.78 Å². The number of aromatic nitrogens is 3. The van der Waals surface area contributed by atoms with Crippen molar-refractivity contribution in [3.05, 3.63) is 89.8 Å². The quantitative estimate of drug-likeness (QED) is 0.305. The Morgan fingerprint density at radius 2 is 1.61 bits per heavy atom. The van der Waals surface area contributed by atoms with Gasteiger partial charge < -0.3 is 14.2 Å². The van der Waals surface area contributed by atoms with Crippen molar-refractivity contribution in [3.8, 4) is 22.9 Å². The molecule has 0 aliphatic heterocycles. The summed E-state index contributed by atoms with van der Waals surface area (Å²) in [5.74, 6) is 1.48. The topological polar surface area (TPSA) is 58.4 Å². The number of para-hydroxylation sites is 1. The molecule has 1 heterocycles. The van der Waals surface area contributed by atoms with Gasteiger partial charge in [0.25, 0.3) is 0 Å². The Balaban J connectivity index is 1.58. The highest BCUT2D eigenvalue weighted by atomic mass is 32.2. The van der Waals surface area contributed by atoms with Crippen LogP contribution in [0.5, 0.6) is 17.2 Å². The van der Waals surface area contributed by atoms with Gasteiger partial charge in [-0.2, -0.15) is 0 Å². The zero-order valence-electron chi connectivity index (χ0n) is 18.0. The fourth-order valence-corrected chi connectivity index (χ4v) is 4.04. The second-order valence-corrected chi connectivity index (χ2v) is 7.85. The molecule has 4 rings (SSSR count). The van der Waals surface area contributed by atoms with Crippen LogP contribution >= 0.6 is 11.8 Å². The molecule has 0 amide bonds. The van der Waals surface area contributed by atoms with Gasteiger partial charge in [-0.3, -0.25) is 4.57 Å². The summed E-state index contributed by atoms with van der Waals surface area (Å²) in [6.45, 7) is 0.0748. The first-order valence-electron chi connectivity index (χ1n) is 10.0. The first-order valence-corrected chi connectivity index (χ1v) is 11.0. The SMILES string of the molecule is COc1ccc(OCc2nnc(SCc3ccc(OC)c(F)c3)n2-c2ccccc2F)cc1. The molecule has 0 aliphatic carbocycles. The molecular weight excluding hydrogens is 448 g/mol. The van der Waals surface area contributed by atoms with Gasteiger partial charge in [0.2, 0.25) is 0 Å². The largest absolute Gasteiger partial charge is 0.497 e. The van der Waals surface area contributed by atoms with Gasteiger partial charge in [0.1, 0.15) is 23.9 Å². The Bertz CT molecular complexity index is 1230. The number of hydrogen-bond donors (Lipinski definition) is 0. The molecule has 9 heteroatoms. The summed E-state index contributed by atoms with van der Waals surface area (Å²) < 4.78 is 46.3. The minimum atomic E-state index is -0.445. The van der Waals surface area contributed by atoms with E-state index in [1.807, 2.05) is 0 Å². The highest BCUT2D eigenvalue weighted by Gasteiger charge is 2.18. The van der Waals surface area contributed by atoms with E-state index in [2.05, 4.69) is 10.2 Å². The van der Waals surface area contributed by atoms with E-state index < -0.39 is 11.6 Å². The predicted molar refractivity (Wildman–Crippen MR) is 121 cm³/mol. The molecule has 3 aromatic carbocycles. The van der Waals surface area contributed by atoms with Crippen molar-refractivity contribution in [1.29, 1.82) is 0 Å². The lowest BCUT2D eigenvalue weighted by Gasteiger charge is -2.12. The molecule has 0 saturated carbocycles. The molecule has 4 aromatic rings. The molecule has 0 bridgehead atoms. The standard InChI is InChI=1S/C24H21F2N3O3S/c1-30-17-8-10-18(11-9-17)32-14-23-27-28-24(29(23)21-6-4-3-5-19(21)25)33-15-16-7-12-22(31-2)20(26)13-16/h3-13H,14-15H2,1-2H3. The van der Waals surface area contributed by atoms with Crippen molar-refractivity contribution in [2.45, 2.75) is 17.5 Å². The molecule has 170 valence electrons. The van der Waals surface area contributed by atoms with Crippen LogP contribution in [0.25, 0.3) is 5.69 Å². The minimum Gasteiger partial charge on any atom is -0.497 e. The summed E-state index contributed by atoms with van der Waals surface area (Å²) in [7, 11) is 3.01. The minimum absolute atomic E-state index is 0.0748. The number of ether oxygens (including phenoxy) is 3. The number of rotatable bonds is 9. The van der Waals surface area contributed by atoms with Crippen molar-refractivity contribution < 1.29 is 23.0 Å². The van der Waals surface area contributed by atoms with Crippen molar-refractivity contribution in [3.63, 3.8) is 0 Å². The molecule has 0 fully saturated rings. The Morgan fingerprint density at radius 3 is 2.30 bits per heavy atom. The maximum absolute atomic E-state index is 14.7. The molecular formula is C24H21F2N3O3S. The first kappa shape index (κ1) is 22.6. The molecule has 0 N–H and O–H groups in total. The Morgan fingerprint density at radius 1 is 0.848 bits per heavy atom. The second kappa shape index (κ2) is 10.4. The normalized spacial score (nSPS) is 10.8. The maximum atomic E-state index is 14.7. The van der Waals surface area contributed by atoms with Gasteiger partial charge in [0, 0.05) is 5.75 Å². The van der Waals surface area contributed by atoms with Gasteiger partial charge in [-0.15, -0.1) is 10.2 Å². The number of nitrogens with zero attached hydrogens (tertiary/aromatic N) is 3. The molecule has 6 nitrogen and oxygen atoms in total. The summed E-state index contributed by atoms with van der Waals surface area (Å²) in [6, 6.07) is 18.2. The van der Waals surface area contributed by atoms with Crippen LogP contribution in [0.3, 0.4) is 0 Å². The molecule has 0 spiro atoms. The molecule has 0 radical (unpaired) electrons. The molecule has 0 atom stereocenters. The van der Waals surface area contributed by atoms with Crippen LogP contribution in [-0.2, 0) is 12.4 Å². The molecule has 0 saturated heterocycles. The van der Waals surface area contributed by atoms with Gasteiger partial charge in [0.05, 0.1) is 19.9 Å². The van der Waals surface area contributed by atoms with Crippen molar-refractivity contribution >= 4 is 11.8 Å². The van der Waals surface area contributed by atoms with E-state index in [1.54, 1.807) is 66.3 Å². The highest BCUT2D eigenvalue weighted by Crippen LogP contribution is 2.29. The zero-order chi connectivity index (χ0) is 23.2. The lowest BCUT2D eigenvalue weighted by molar-refractivity contribution is 0.292. The number of halogens is 2. The average molecular weight is 470 g/mol. The molecule has 0 unspecified atom stereocenters. The lowest BCUT2D eigenvalue weighted by Crippen LogP contribution is -2.08. The fourth-order valence-electron chi connectivity index (χ4n) is 3.13. The average Bonchev–Trinajstić information content (AvgIpc) is 3.24. The third-order valence-corrected chi connectivity index (χ3v) is 5.81. The monoisotopic (exact) mass is 469 g/mol. The van der Waals surface area contributed by atoms with Crippen LogP contribution < -0.4 is 14.2 Å². The summed E-state index contributed by atoms with van der Waals surface area (Å²) in [5, 5.41) is 8.92. The molecule has 1 aromatic heterocycles. The van der Waals surface area contributed by atoms with E-state index in [-0.39, 0.29) is 12.4 Å². The smallest absolute Gasteiger partial charge is 0.196 e. The molecule has 0 aliphatic rings. The van der Waals surface area contributed by atoms with Gasteiger partial charge in [-0.1, -0.05) is 30.0 Å². The number of benzene rings is 3. The lowest BCUT2D eigenvalue weighted by atomic mass is 10.2. The van der Waals surface area contributed by atoms with Crippen molar-refractivity contribution in [2.75, 3.05) is 14.2 Å². The van der Waals surface area contributed by atoms with Gasteiger partial charge in [-0.25, -0.2) is 8.78 Å². The van der Waals surface area contributed by atoms with Gasteiger partial charge in [-0.05, 0) is 54.1 Å². The Labute approximate surface area is 194 Å². The summed E-state index contributed by atoms with van der Waals surface area (Å²) in [4.78, 5) is 0. The van der Waals surface area contributed by atoms with E-state index in [1.165, 1.54) is 31.0 Å².